The monoisotopic (exact) mass is 197 g/mol. The Morgan fingerprint density at radius 1 is 1.43 bits per heavy atom. The minimum atomic E-state index is 0.857. The van der Waals surface area contributed by atoms with Gasteiger partial charge in [-0.1, -0.05) is 13.8 Å². The van der Waals surface area contributed by atoms with Gasteiger partial charge in [-0.15, -0.1) is 0 Å². The van der Waals surface area contributed by atoms with Crippen LogP contribution in [0.15, 0.2) is 0 Å². The van der Waals surface area contributed by atoms with Crippen LogP contribution in [0.5, 0.6) is 0 Å². The number of nitrogens with two attached hydrogens (primary N) is 1. The summed E-state index contributed by atoms with van der Waals surface area (Å²) in [6.45, 7) is 9.09. The van der Waals surface area contributed by atoms with E-state index in [1.165, 1.54) is 51.2 Å². The normalized spacial score (nSPS) is 24.4. The van der Waals surface area contributed by atoms with Gasteiger partial charge in [0.2, 0.25) is 0 Å². The van der Waals surface area contributed by atoms with Crippen LogP contribution in [0, 0.1) is 11.8 Å². The van der Waals surface area contributed by atoms with Gasteiger partial charge in [-0.2, -0.15) is 0 Å². The SMILES string of the molecule is C[C](C)CN1CCCC(CCCN)C1. The van der Waals surface area contributed by atoms with Crippen LogP contribution < -0.4 is 5.73 Å². The maximum absolute atomic E-state index is 5.54. The summed E-state index contributed by atoms with van der Waals surface area (Å²) in [7, 11) is 0. The third-order valence-electron chi connectivity index (χ3n) is 2.96. The Morgan fingerprint density at radius 3 is 2.86 bits per heavy atom. The van der Waals surface area contributed by atoms with E-state index in [1.54, 1.807) is 0 Å². The number of nitrogens with zero attached hydrogens (tertiary/aromatic N) is 1. The minimum absolute atomic E-state index is 0.857. The maximum Gasteiger partial charge on any atom is 0.00384 e. The molecule has 0 aliphatic carbocycles. The number of hydrogen-bond acceptors (Lipinski definition) is 2. The largest absolute Gasteiger partial charge is 0.330 e. The summed E-state index contributed by atoms with van der Waals surface area (Å²) in [6, 6.07) is 0. The molecule has 2 nitrogen and oxygen atoms in total. The summed E-state index contributed by atoms with van der Waals surface area (Å²) in [4.78, 5) is 2.60. The highest BCUT2D eigenvalue weighted by atomic mass is 15.1. The molecule has 1 radical (unpaired) electrons. The van der Waals surface area contributed by atoms with Gasteiger partial charge in [-0.3, -0.25) is 0 Å². The van der Waals surface area contributed by atoms with E-state index in [0.29, 0.717) is 0 Å². The van der Waals surface area contributed by atoms with Gasteiger partial charge >= 0.3 is 0 Å². The van der Waals surface area contributed by atoms with Crippen LogP contribution in [-0.2, 0) is 0 Å². The second-order valence-corrected chi connectivity index (χ2v) is 4.88. The third kappa shape index (κ3) is 4.43. The highest BCUT2D eigenvalue weighted by Gasteiger charge is 2.19. The summed E-state index contributed by atoms with van der Waals surface area (Å²) in [5, 5.41) is 0. The van der Waals surface area contributed by atoms with E-state index in [-0.39, 0.29) is 0 Å². The summed E-state index contributed by atoms with van der Waals surface area (Å²) >= 11 is 0. The van der Waals surface area contributed by atoms with Crippen LogP contribution in [-0.4, -0.2) is 31.1 Å². The Balaban J connectivity index is 2.21. The van der Waals surface area contributed by atoms with Crippen molar-refractivity contribution in [2.24, 2.45) is 11.7 Å². The highest BCUT2D eigenvalue weighted by Crippen LogP contribution is 2.21. The molecule has 2 N–H and O–H groups in total. The third-order valence-corrected chi connectivity index (χ3v) is 2.96. The molecule has 0 aromatic carbocycles. The first-order valence-corrected chi connectivity index (χ1v) is 5.94. The van der Waals surface area contributed by atoms with E-state index < -0.39 is 0 Å². The van der Waals surface area contributed by atoms with Gasteiger partial charge in [0.15, 0.2) is 0 Å². The van der Waals surface area contributed by atoms with E-state index in [9.17, 15) is 0 Å². The van der Waals surface area contributed by atoms with Gasteiger partial charge in [-0.25, -0.2) is 0 Å². The van der Waals surface area contributed by atoms with Gasteiger partial charge in [0.25, 0.3) is 0 Å². The molecule has 14 heavy (non-hydrogen) atoms. The fourth-order valence-corrected chi connectivity index (χ4v) is 2.38. The molecule has 1 aliphatic heterocycles. The molecule has 2 heteroatoms. The van der Waals surface area contributed by atoms with Crippen molar-refractivity contribution in [1.29, 1.82) is 0 Å². The molecule has 1 fully saturated rings. The number of likely N-dealkylation sites (tertiary alicyclic amines) is 1. The van der Waals surface area contributed by atoms with Crippen molar-refractivity contribution >= 4 is 0 Å². The van der Waals surface area contributed by atoms with E-state index in [0.717, 1.165) is 12.5 Å². The van der Waals surface area contributed by atoms with Crippen LogP contribution >= 0.6 is 0 Å². The standard InChI is InChI=1S/C12H25N2/c1-11(2)9-14-8-4-6-12(10-14)5-3-7-13/h12H,3-10,13H2,1-2H3. The van der Waals surface area contributed by atoms with Gasteiger partial charge < -0.3 is 10.6 Å². The van der Waals surface area contributed by atoms with Gasteiger partial charge in [0.05, 0.1) is 0 Å². The molecule has 0 bridgehead atoms. The van der Waals surface area contributed by atoms with Crippen LogP contribution in [0.3, 0.4) is 0 Å². The maximum atomic E-state index is 5.54. The lowest BCUT2D eigenvalue weighted by Crippen LogP contribution is -2.37. The zero-order chi connectivity index (χ0) is 10.4. The van der Waals surface area contributed by atoms with Crippen molar-refractivity contribution in [3.8, 4) is 0 Å². The highest BCUT2D eigenvalue weighted by molar-refractivity contribution is 4.84. The van der Waals surface area contributed by atoms with E-state index in [4.69, 9.17) is 5.73 Å². The zero-order valence-electron chi connectivity index (χ0n) is 9.76. The zero-order valence-corrected chi connectivity index (χ0v) is 9.76. The van der Waals surface area contributed by atoms with Crippen molar-refractivity contribution in [2.45, 2.75) is 39.5 Å². The molecule has 1 saturated heterocycles. The Bertz CT molecular complexity index is 145. The molecule has 1 aliphatic rings. The molecule has 1 unspecified atom stereocenters. The van der Waals surface area contributed by atoms with E-state index in [2.05, 4.69) is 18.7 Å². The summed E-state index contributed by atoms with van der Waals surface area (Å²) in [5.41, 5.74) is 5.54. The Kier molecular flexibility index (Phi) is 5.49. The van der Waals surface area contributed by atoms with Crippen molar-refractivity contribution in [2.75, 3.05) is 26.2 Å². The molecule has 1 rings (SSSR count). The first-order valence-electron chi connectivity index (χ1n) is 5.94. The van der Waals surface area contributed by atoms with Crippen molar-refractivity contribution in [3.05, 3.63) is 5.92 Å². The van der Waals surface area contributed by atoms with E-state index in [1.807, 2.05) is 0 Å². The lowest BCUT2D eigenvalue weighted by Gasteiger charge is -2.33. The Hall–Kier alpha value is -0.0800. The average Bonchev–Trinajstić information content (AvgIpc) is 2.14. The number of rotatable bonds is 5. The summed E-state index contributed by atoms with van der Waals surface area (Å²) in [6.07, 6.45) is 5.32. The lowest BCUT2D eigenvalue weighted by atomic mass is 9.93. The molecule has 83 valence electrons. The van der Waals surface area contributed by atoms with Crippen LogP contribution in [0.25, 0.3) is 0 Å². The topological polar surface area (TPSA) is 29.3 Å². The average molecular weight is 197 g/mol. The Labute approximate surface area is 88.8 Å². The molecule has 0 saturated carbocycles. The van der Waals surface area contributed by atoms with E-state index >= 15 is 0 Å². The number of piperidine rings is 1. The first-order chi connectivity index (χ1) is 6.72. The van der Waals surface area contributed by atoms with Crippen LogP contribution in [0.1, 0.15) is 39.5 Å². The summed E-state index contributed by atoms with van der Waals surface area (Å²) < 4.78 is 0. The van der Waals surface area contributed by atoms with Gasteiger partial charge in [0.1, 0.15) is 0 Å². The minimum Gasteiger partial charge on any atom is -0.330 e. The molecule has 0 amide bonds. The fourth-order valence-electron chi connectivity index (χ4n) is 2.38. The molecule has 0 aromatic heterocycles. The predicted octanol–water partition coefficient (Wildman–Crippen LogP) is 2.05. The smallest absolute Gasteiger partial charge is 0.00384 e. The van der Waals surface area contributed by atoms with Crippen molar-refractivity contribution < 1.29 is 0 Å². The predicted molar refractivity (Wildman–Crippen MR) is 62.0 cm³/mol. The van der Waals surface area contributed by atoms with Gasteiger partial charge in [-0.05, 0) is 50.6 Å². The van der Waals surface area contributed by atoms with Crippen molar-refractivity contribution in [3.63, 3.8) is 0 Å². The second-order valence-electron chi connectivity index (χ2n) is 4.88. The molecule has 1 atom stereocenters. The first kappa shape index (κ1) is 12.0. The molecule has 0 spiro atoms. The lowest BCUT2D eigenvalue weighted by molar-refractivity contribution is 0.173. The molecule has 0 aromatic rings. The summed E-state index contributed by atoms with van der Waals surface area (Å²) in [5.74, 6) is 2.44. The fraction of sp³-hybridized carbons (Fsp3) is 0.917. The number of hydrogen-bond donors (Lipinski definition) is 1. The van der Waals surface area contributed by atoms with Crippen LogP contribution in [0.2, 0.25) is 0 Å². The molecule has 1 heterocycles. The molecular weight excluding hydrogens is 172 g/mol. The Morgan fingerprint density at radius 2 is 2.21 bits per heavy atom. The van der Waals surface area contributed by atoms with Gasteiger partial charge in [0, 0.05) is 13.1 Å². The van der Waals surface area contributed by atoms with Crippen LogP contribution in [0.4, 0.5) is 0 Å². The van der Waals surface area contributed by atoms with Crippen molar-refractivity contribution in [1.82, 2.24) is 4.90 Å². The quantitative estimate of drug-likeness (QED) is 0.731. The second kappa shape index (κ2) is 6.41. The molecular formula is C12H25N2.